The molecule has 68 heavy (non-hydrogen) atoms. The molecule has 4 saturated heterocycles. The van der Waals surface area contributed by atoms with Gasteiger partial charge in [0.25, 0.3) is 11.8 Å². The maximum absolute atomic E-state index is 14.2. The molecule has 2 aromatic heterocycles. The van der Waals surface area contributed by atoms with Crippen LogP contribution in [0.1, 0.15) is 86.2 Å². The molecular formula is C52H56N8O8. The first-order valence-corrected chi connectivity index (χ1v) is 24.2. The molecule has 4 amide bonds. The molecular weight excluding hydrogens is 865 g/mol. The maximum Gasteiger partial charge on any atom is 0.405 e. The van der Waals surface area contributed by atoms with Crippen molar-refractivity contribution < 1.29 is 38.1 Å². The van der Waals surface area contributed by atoms with Gasteiger partial charge < -0.3 is 50.2 Å². The number of hydrogen-bond donors (Lipinski definition) is 4. The fourth-order valence-corrected chi connectivity index (χ4v) is 12.4. The van der Waals surface area contributed by atoms with Crippen molar-refractivity contribution in [2.75, 3.05) is 26.4 Å². The summed E-state index contributed by atoms with van der Waals surface area (Å²) in [6.07, 6.45) is 2.26. The molecule has 2 saturated carbocycles. The van der Waals surface area contributed by atoms with Crippen LogP contribution in [0.3, 0.4) is 0 Å². The topological polar surface area (TPSA) is 221 Å². The number of nitrogens with zero attached hydrogens (tertiary/aromatic N) is 4. The van der Waals surface area contributed by atoms with E-state index in [1.807, 2.05) is 21.9 Å². The largest absolute Gasteiger partial charge is 0.436 e. The summed E-state index contributed by atoms with van der Waals surface area (Å²) in [6.45, 7) is 6.41. The van der Waals surface area contributed by atoms with Crippen molar-refractivity contribution in [2.24, 2.45) is 35.1 Å². The van der Waals surface area contributed by atoms with Crippen molar-refractivity contribution in [3.05, 3.63) is 83.4 Å². The summed E-state index contributed by atoms with van der Waals surface area (Å²) in [5.41, 5.74) is 21.1. The minimum atomic E-state index is -0.939. The number of nitrogens with two attached hydrogens (primary N) is 2. The maximum atomic E-state index is 14.2. The fraction of sp³-hybridized carbons (Fsp3) is 0.462. The Bertz CT molecular complexity index is 3030. The average Bonchev–Trinajstić information content (AvgIpc) is 4.00. The number of piperidine rings is 2. The van der Waals surface area contributed by atoms with Crippen LogP contribution >= 0.6 is 0 Å². The van der Waals surface area contributed by atoms with Crippen LogP contribution in [-0.2, 0) is 28.5 Å². The van der Waals surface area contributed by atoms with E-state index in [9.17, 15) is 19.2 Å². The smallest absolute Gasteiger partial charge is 0.405 e. The molecule has 0 spiro atoms. The minimum absolute atomic E-state index is 0.103. The number of aromatic amines is 2. The molecule has 16 nitrogen and oxygen atoms in total. The first-order valence-electron chi connectivity index (χ1n) is 24.2. The van der Waals surface area contributed by atoms with Crippen molar-refractivity contribution >= 4 is 56.8 Å². The predicted molar refractivity (Wildman–Crippen MR) is 252 cm³/mol. The number of ether oxygens (including phenoxy) is 4. The number of benzene rings is 4. The summed E-state index contributed by atoms with van der Waals surface area (Å²) >= 11 is 0. The Morgan fingerprint density at radius 1 is 0.632 bits per heavy atom. The van der Waals surface area contributed by atoms with Gasteiger partial charge in [-0.2, -0.15) is 0 Å². The molecule has 0 radical (unpaired) electrons. The van der Waals surface area contributed by atoms with Gasteiger partial charge in [-0.15, -0.1) is 0 Å². The number of amides is 4. The minimum Gasteiger partial charge on any atom is -0.436 e. The summed E-state index contributed by atoms with van der Waals surface area (Å²) in [6, 6.07) is 21.1. The van der Waals surface area contributed by atoms with Gasteiger partial charge in [-0.3, -0.25) is 9.59 Å². The molecule has 8 atom stereocenters. The number of carbonyl (C=O) groups excluding carboxylic acids is 4. The van der Waals surface area contributed by atoms with Crippen LogP contribution in [0.25, 0.3) is 55.1 Å². The lowest BCUT2D eigenvalue weighted by Crippen LogP contribution is -2.48. The molecule has 4 aromatic carbocycles. The monoisotopic (exact) mass is 920 g/mol. The molecule has 2 unspecified atom stereocenters. The van der Waals surface area contributed by atoms with Crippen LogP contribution in [0.4, 0.5) is 9.59 Å². The Hall–Kier alpha value is -6.52. The quantitative estimate of drug-likeness (QED) is 0.105. The second kappa shape index (κ2) is 16.6. The lowest BCUT2D eigenvalue weighted by atomic mass is 9.89. The number of fused-ring (bicyclic) bond motifs is 5. The number of rotatable bonds is 10. The number of H-pyrrole nitrogens is 2. The van der Waals surface area contributed by atoms with E-state index in [1.54, 1.807) is 0 Å². The highest BCUT2D eigenvalue weighted by molar-refractivity contribution is 5.97. The van der Waals surface area contributed by atoms with Gasteiger partial charge in [0.2, 0.25) is 0 Å². The summed E-state index contributed by atoms with van der Waals surface area (Å²) in [5.74, 6) is 1.60. The molecule has 6 N–H and O–H groups in total. The standard InChI is InChI=1S/C52H56N8O8/c1-25-17-32-18-29(30-4-7-36-38(19-30)57-47(55-36)42-23-33-21-40(33)59(42)49(61)45(67-51(53)63)27-9-13-65-14-10-27)3-6-35(32)26(2)44(25)31-5-8-37-39(20-31)58-48(56-37)43-24-34-22-41(34)60(43)50(62)46(68-52(54)64)28-11-15-66-16-12-28/h3-8,17-20,27-28,33-34,40-43,45-46H,9-16,21-24H2,1-2H3,(H2,53,63)(H2,54,64)(H,55,57)(H,56,58)/t33-,34-,40?,41?,42+,43+,45-,46-/m1/s1. The Morgan fingerprint density at radius 3 is 1.62 bits per heavy atom. The Labute approximate surface area is 392 Å². The molecule has 6 aromatic rings. The van der Waals surface area contributed by atoms with Gasteiger partial charge in [0.15, 0.2) is 12.2 Å². The zero-order chi connectivity index (χ0) is 46.5. The molecule has 352 valence electrons. The zero-order valence-electron chi connectivity index (χ0n) is 38.2. The van der Waals surface area contributed by atoms with Crippen molar-refractivity contribution in [1.82, 2.24) is 29.7 Å². The number of aromatic nitrogens is 4. The van der Waals surface area contributed by atoms with Crippen molar-refractivity contribution in [2.45, 2.75) is 102 Å². The van der Waals surface area contributed by atoms with Gasteiger partial charge in [-0.05, 0) is 152 Å². The van der Waals surface area contributed by atoms with Gasteiger partial charge in [0.05, 0.1) is 34.2 Å². The Balaban J connectivity index is 0.794. The van der Waals surface area contributed by atoms with E-state index < -0.39 is 24.4 Å². The third-order valence-electron chi connectivity index (χ3n) is 15.9. The fourth-order valence-electron chi connectivity index (χ4n) is 12.4. The molecule has 4 aliphatic heterocycles. The van der Waals surface area contributed by atoms with Crippen LogP contribution in [0.15, 0.2) is 60.7 Å². The van der Waals surface area contributed by atoms with E-state index >= 15 is 0 Å². The molecule has 2 aliphatic carbocycles. The first kappa shape index (κ1) is 42.8. The van der Waals surface area contributed by atoms with Gasteiger partial charge in [0.1, 0.15) is 11.6 Å². The van der Waals surface area contributed by atoms with Crippen LogP contribution in [0, 0.1) is 37.5 Å². The van der Waals surface area contributed by atoms with Crippen molar-refractivity contribution in [3.63, 3.8) is 0 Å². The van der Waals surface area contributed by atoms with Gasteiger partial charge in [0, 0.05) is 50.3 Å². The van der Waals surface area contributed by atoms with E-state index in [2.05, 4.69) is 72.3 Å². The lowest BCUT2D eigenvalue weighted by Gasteiger charge is -2.34. The number of aryl methyl sites for hydroxylation is 2. The van der Waals surface area contributed by atoms with Crippen molar-refractivity contribution in [3.8, 4) is 22.3 Å². The average molecular weight is 921 g/mol. The summed E-state index contributed by atoms with van der Waals surface area (Å²) in [5, 5.41) is 2.29. The highest BCUT2D eigenvalue weighted by Crippen LogP contribution is 2.55. The van der Waals surface area contributed by atoms with Crippen LogP contribution in [0.5, 0.6) is 0 Å². The lowest BCUT2D eigenvalue weighted by molar-refractivity contribution is -0.148. The van der Waals surface area contributed by atoms with Crippen LogP contribution in [0.2, 0.25) is 0 Å². The SMILES string of the molecule is Cc1cc2cc(-c3ccc4nc([C@@H]5C[C@H]6CC6N5C(=O)[C@H](OC(N)=O)C5CCOCC5)[nH]c4c3)ccc2c(C)c1-c1ccc2nc([C@@H]3C[C@H]4CC4N3C(=O)[C@H](OC(N)=O)C3CCOCC3)[nH]c2c1. The van der Waals surface area contributed by atoms with E-state index in [-0.39, 0.29) is 47.8 Å². The zero-order valence-corrected chi connectivity index (χ0v) is 38.2. The van der Waals surface area contributed by atoms with E-state index in [1.165, 1.54) is 5.56 Å². The molecule has 12 rings (SSSR count). The molecule has 16 heteroatoms. The van der Waals surface area contributed by atoms with E-state index in [0.717, 1.165) is 98.0 Å². The highest BCUT2D eigenvalue weighted by atomic mass is 16.6. The van der Waals surface area contributed by atoms with Crippen LogP contribution in [-0.4, -0.2) is 104 Å². The highest BCUT2D eigenvalue weighted by Gasteiger charge is 2.58. The number of carbonyl (C=O) groups is 4. The van der Waals surface area contributed by atoms with E-state index in [0.29, 0.717) is 63.9 Å². The number of primary amides is 2. The number of hydrogen-bond acceptors (Lipinski definition) is 10. The molecule has 6 heterocycles. The summed E-state index contributed by atoms with van der Waals surface area (Å²) in [4.78, 5) is 73.4. The van der Waals surface area contributed by atoms with Crippen LogP contribution < -0.4 is 11.5 Å². The Morgan fingerprint density at radius 2 is 1.10 bits per heavy atom. The second-order valence-electron chi connectivity index (χ2n) is 20.1. The number of likely N-dealkylation sites (tertiary alicyclic amines) is 2. The van der Waals surface area contributed by atoms with Crippen molar-refractivity contribution in [1.29, 1.82) is 0 Å². The summed E-state index contributed by atoms with van der Waals surface area (Å²) < 4.78 is 22.1. The number of nitrogens with one attached hydrogen (secondary N) is 2. The molecule has 6 aliphatic rings. The second-order valence-corrected chi connectivity index (χ2v) is 20.1. The summed E-state index contributed by atoms with van der Waals surface area (Å²) in [7, 11) is 0. The first-order chi connectivity index (χ1) is 33.0. The Kier molecular flexibility index (Phi) is 10.5. The van der Waals surface area contributed by atoms with Gasteiger partial charge >= 0.3 is 12.2 Å². The number of imidazole rings is 2. The molecule has 6 fully saturated rings. The third kappa shape index (κ3) is 7.52. The van der Waals surface area contributed by atoms with Gasteiger partial charge in [-0.1, -0.05) is 30.3 Å². The van der Waals surface area contributed by atoms with Gasteiger partial charge in [-0.25, -0.2) is 19.6 Å². The third-order valence-corrected chi connectivity index (χ3v) is 15.9. The molecule has 0 bridgehead atoms. The predicted octanol–water partition coefficient (Wildman–Crippen LogP) is 7.65. The van der Waals surface area contributed by atoms with E-state index in [4.69, 9.17) is 40.4 Å². The normalized spacial score (nSPS) is 25.6.